The van der Waals surface area contributed by atoms with Crippen LogP contribution in [0.25, 0.3) is 11.2 Å². The van der Waals surface area contributed by atoms with Gasteiger partial charge in [0.05, 0.1) is 6.54 Å². The lowest BCUT2D eigenvalue weighted by Crippen LogP contribution is -2.37. The van der Waals surface area contributed by atoms with Crippen LogP contribution in [0, 0.1) is 5.82 Å². The van der Waals surface area contributed by atoms with Gasteiger partial charge >= 0.3 is 11.7 Å². The Hall–Kier alpha value is -3.46. The number of imidazole rings is 1. The summed E-state index contributed by atoms with van der Waals surface area (Å²) in [5.41, 5.74) is -0.772. The molecule has 4 rings (SSSR count). The second-order valence-electron chi connectivity index (χ2n) is 6.33. The molecule has 0 saturated heterocycles. The lowest BCUT2D eigenvalue weighted by atomic mass is 10.2. The van der Waals surface area contributed by atoms with E-state index in [0.717, 1.165) is 4.57 Å². The number of nitrogens with zero attached hydrogens (tertiary/aromatic N) is 5. The summed E-state index contributed by atoms with van der Waals surface area (Å²) < 4.78 is 23.7. The SMILES string of the molecule is Cn1c(=O)c2c(nc(Oc3ccccn3)n2Cc2c(F)cccc2Cl)n(C)c1=O. The van der Waals surface area contributed by atoms with Gasteiger partial charge in [0.1, 0.15) is 5.82 Å². The molecule has 0 aliphatic carbocycles. The Morgan fingerprint density at radius 3 is 2.59 bits per heavy atom. The van der Waals surface area contributed by atoms with Crippen molar-refractivity contribution >= 4 is 22.8 Å². The van der Waals surface area contributed by atoms with Gasteiger partial charge in [-0.25, -0.2) is 14.2 Å². The van der Waals surface area contributed by atoms with Gasteiger partial charge in [-0.15, -0.1) is 0 Å². The quantitative estimate of drug-likeness (QED) is 0.511. The molecule has 0 N–H and O–H groups in total. The first-order valence-corrected chi connectivity index (χ1v) is 8.94. The number of hydrogen-bond acceptors (Lipinski definition) is 5. The van der Waals surface area contributed by atoms with Crippen LogP contribution in [0.15, 0.2) is 52.2 Å². The molecule has 8 nitrogen and oxygen atoms in total. The number of ether oxygens (including phenoxy) is 1. The summed E-state index contributed by atoms with van der Waals surface area (Å²) in [6.07, 6.45) is 1.53. The van der Waals surface area contributed by atoms with Crippen LogP contribution in [0.5, 0.6) is 11.9 Å². The fraction of sp³-hybridized carbons (Fsp3) is 0.158. The first-order chi connectivity index (χ1) is 13.9. The zero-order valence-electron chi connectivity index (χ0n) is 15.5. The highest BCUT2D eigenvalue weighted by Crippen LogP contribution is 2.27. The molecule has 0 aliphatic rings. The molecule has 0 fully saturated rings. The molecule has 0 unspecified atom stereocenters. The molecule has 10 heteroatoms. The van der Waals surface area contributed by atoms with Crippen molar-refractivity contribution in [1.82, 2.24) is 23.7 Å². The van der Waals surface area contributed by atoms with E-state index in [1.54, 1.807) is 24.3 Å². The third kappa shape index (κ3) is 3.19. The monoisotopic (exact) mass is 415 g/mol. The third-order valence-electron chi connectivity index (χ3n) is 4.52. The average molecular weight is 416 g/mol. The van der Waals surface area contributed by atoms with Crippen molar-refractivity contribution in [2.24, 2.45) is 14.1 Å². The van der Waals surface area contributed by atoms with Crippen LogP contribution in [0.2, 0.25) is 5.02 Å². The fourth-order valence-electron chi connectivity index (χ4n) is 2.99. The van der Waals surface area contributed by atoms with Crippen molar-refractivity contribution < 1.29 is 9.13 Å². The Kier molecular flexibility index (Phi) is 4.67. The Morgan fingerprint density at radius 1 is 1.10 bits per heavy atom. The molecule has 0 saturated carbocycles. The number of pyridine rings is 1. The van der Waals surface area contributed by atoms with Crippen molar-refractivity contribution in [2.75, 3.05) is 0 Å². The Balaban J connectivity index is 2.00. The maximum Gasteiger partial charge on any atom is 0.332 e. The van der Waals surface area contributed by atoms with Gasteiger partial charge in [0.25, 0.3) is 5.56 Å². The molecule has 3 heterocycles. The fourth-order valence-corrected chi connectivity index (χ4v) is 3.22. The van der Waals surface area contributed by atoms with Gasteiger partial charge in [-0.05, 0) is 18.2 Å². The van der Waals surface area contributed by atoms with Crippen LogP contribution in [0.4, 0.5) is 4.39 Å². The first-order valence-electron chi connectivity index (χ1n) is 8.56. The van der Waals surface area contributed by atoms with Crippen LogP contribution in [0.1, 0.15) is 5.56 Å². The highest BCUT2D eigenvalue weighted by Gasteiger charge is 2.22. The zero-order valence-corrected chi connectivity index (χ0v) is 16.2. The van der Waals surface area contributed by atoms with Gasteiger partial charge in [-0.2, -0.15) is 4.98 Å². The molecule has 3 aromatic heterocycles. The summed E-state index contributed by atoms with van der Waals surface area (Å²) >= 11 is 6.17. The molecule has 1 aromatic carbocycles. The summed E-state index contributed by atoms with van der Waals surface area (Å²) in [6.45, 7) is -0.127. The number of halogens is 2. The lowest BCUT2D eigenvalue weighted by Gasteiger charge is -2.11. The van der Waals surface area contributed by atoms with Gasteiger partial charge in [-0.1, -0.05) is 23.7 Å². The molecular formula is C19H15ClFN5O3. The highest BCUT2D eigenvalue weighted by atomic mass is 35.5. The van der Waals surface area contributed by atoms with Crippen molar-refractivity contribution in [1.29, 1.82) is 0 Å². The predicted molar refractivity (Wildman–Crippen MR) is 105 cm³/mol. The van der Waals surface area contributed by atoms with E-state index in [9.17, 15) is 14.0 Å². The van der Waals surface area contributed by atoms with E-state index >= 15 is 0 Å². The Bertz CT molecular complexity index is 1320. The Labute approximate surface area is 168 Å². The standard InChI is InChI=1S/C19H15ClFN5O3/c1-24-16-15(17(27)25(2)19(24)28)26(10-11-12(20)6-5-7-13(11)21)18(23-16)29-14-8-3-4-9-22-14/h3-9H,10H2,1-2H3. The summed E-state index contributed by atoms with van der Waals surface area (Å²) in [4.78, 5) is 33.5. The maximum absolute atomic E-state index is 14.4. The van der Waals surface area contributed by atoms with Gasteiger partial charge in [0.2, 0.25) is 5.88 Å². The molecule has 148 valence electrons. The Morgan fingerprint density at radius 2 is 1.90 bits per heavy atom. The van der Waals surface area contributed by atoms with Gasteiger partial charge in [0, 0.05) is 36.9 Å². The van der Waals surface area contributed by atoms with E-state index in [0.29, 0.717) is 0 Å². The zero-order chi connectivity index (χ0) is 20.7. The smallest absolute Gasteiger partial charge is 0.332 e. The third-order valence-corrected chi connectivity index (χ3v) is 4.88. The number of hydrogen-bond donors (Lipinski definition) is 0. The molecule has 0 atom stereocenters. The van der Waals surface area contributed by atoms with Crippen LogP contribution in [0.3, 0.4) is 0 Å². The summed E-state index contributed by atoms with van der Waals surface area (Å²) in [5.74, 6) is -0.310. The molecule has 0 bridgehead atoms. The summed E-state index contributed by atoms with van der Waals surface area (Å²) in [6, 6.07) is 9.33. The molecule has 0 amide bonds. The molecular weight excluding hydrogens is 401 g/mol. The largest absolute Gasteiger partial charge is 0.406 e. The van der Waals surface area contributed by atoms with E-state index in [-0.39, 0.29) is 40.2 Å². The summed E-state index contributed by atoms with van der Waals surface area (Å²) in [7, 11) is 2.85. The van der Waals surface area contributed by atoms with E-state index in [2.05, 4.69) is 9.97 Å². The lowest BCUT2D eigenvalue weighted by molar-refractivity contribution is 0.405. The molecule has 0 aliphatic heterocycles. The van der Waals surface area contributed by atoms with Crippen LogP contribution in [-0.2, 0) is 20.6 Å². The second-order valence-corrected chi connectivity index (χ2v) is 6.74. The second kappa shape index (κ2) is 7.17. The van der Waals surface area contributed by atoms with Crippen LogP contribution < -0.4 is 16.0 Å². The average Bonchev–Trinajstić information content (AvgIpc) is 3.06. The number of aryl methyl sites for hydroxylation is 1. The highest BCUT2D eigenvalue weighted by molar-refractivity contribution is 6.31. The molecule has 4 aromatic rings. The van der Waals surface area contributed by atoms with E-state index < -0.39 is 17.1 Å². The van der Waals surface area contributed by atoms with Gasteiger partial charge < -0.3 is 4.74 Å². The van der Waals surface area contributed by atoms with Gasteiger partial charge in [0.15, 0.2) is 11.2 Å². The minimum atomic E-state index is -0.584. The number of aromatic nitrogens is 5. The number of benzene rings is 1. The van der Waals surface area contributed by atoms with Crippen molar-refractivity contribution in [3.63, 3.8) is 0 Å². The van der Waals surface area contributed by atoms with Crippen molar-refractivity contribution in [3.8, 4) is 11.9 Å². The molecule has 29 heavy (non-hydrogen) atoms. The van der Waals surface area contributed by atoms with Crippen LogP contribution in [-0.4, -0.2) is 23.7 Å². The molecule has 0 spiro atoms. The first kappa shape index (κ1) is 18.9. The van der Waals surface area contributed by atoms with E-state index in [1.165, 1.54) is 41.6 Å². The topological polar surface area (TPSA) is 83.9 Å². The van der Waals surface area contributed by atoms with Crippen molar-refractivity contribution in [2.45, 2.75) is 6.54 Å². The van der Waals surface area contributed by atoms with Crippen LogP contribution >= 0.6 is 11.6 Å². The van der Waals surface area contributed by atoms with E-state index in [1.807, 2.05) is 0 Å². The van der Waals surface area contributed by atoms with Crippen molar-refractivity contribution in [3.05, 3.63) is 79.8 Å². The maximum atomic E-state index is 14.4. The number of rotatable bonds is 4. The van der Waals surface area contributed by atoms with E-state index in [4.69, 9.17) is 16.3 Å². The van der Waals surface area contributed by atoms with Gasteiger partial charge in [-0.3, -0.25) is 18.5 Å². The normalized spacial score (nSPS) is 11.2. The minimum Gasteiger partial charge on any atom is -0.406 e. The molecule has 0 radical (unpaired) electrons. The summed E-state index contributed by atoms with van der Waals surface area (Å²) in [5, 5.41) is 0.192. The minimum absolute atomic E-state index is 0.0173. The number of fused-ring (bicyclic) bond motifs is 1. The predicted octanol–water partition coefficient (Wildman–Crippen LogP) is 2.46.